The van der Waals surface area contributed by atoms with Gasteiger partial charge in [-0.2, -0.15) is 0 Å². The molecule has 5 atom stereocenters. The van der Waals surface area contributed by atoms with Gasteiger partial charge in [-0.15, -0.1) is 0 Å². The standard InChI is InChI=1S/C80H152O17P2/c1-8-9-10-11-12-13-14-15-18-25-30-35-40-49-56-63-80(85)97-76(68-91-78(83)62-55-48-43-42-46-53-60-73(6)7)70-95-99(88,89)93-66-74(81)65-92-98(86,87)94-69-75(96-79(84)64-57-50-41-36-31-26-21-23-28-33-38-45-52-59-72(4)5)67-90-77(82)61-54-47-39-34-29-24-20-17-16-19-22-27-32-37-44-51-58-71(2)3/h13-15,18,71-76,81H,8-12,16-17,19-70H2,1-7H3,(H,86,87)(H,88,89)/b14-13-,18-15-/t74-,75-,76-/m1/s1. The first kappa shape index (κ1) is 96.5. The van der Waals surface area contributed by atoms with E-state index in [0.29, 0.717) is 31.6 Å². The van der Waals surface area contributed by atoms with Crippen LogP contribution < -0.4 is 0 Å². The fourth-order valence-electron chi connectivity index (χ4n) is 11.8. The number of unbranched alkanes of at least 4 members (excludes halogenated alkanes) is 41. The molecule has 0 aliphatic heterocycles. The molecule has 0 aliphatic rings. The molecule has 3 N–H and O–H groups in total. The van der Waals surface area contributed by atoms with Crippen molar-refractivity contribution >= 4 is 39.5 Å². The average molecular weight is 1450 g/mol. The summed E-state index contributed by atoms with van der Waals surface area (Å²) in [5.41, 5.74) is 0. The van der Waals surface area contributed by atoms with Crippen LogP contribution in [0.5, 0.6) is 0 Å². The summed E-state index contributed by atoms with van der Waals surface area (Å²) in [7, 11) is -9.93. The molecule has 0 spiro atoms. The van der Waals surface area contributed by atoms with Gasteiger partial charge in [-0.25, -0.2) is 9.13 Å². The third-order valence-corrected chi connectivity index (χ3v) is 19.9. The summed E-state index contributed by atoms with van der Waals surface area (Å²) >= 11 is 0. The molecule has 0 aromatic heterocycles. The Kier molecular flexibility index (Phi) is 68.1. The Morgan fingerprint density at radius 3 is 0.818 bits per heavy atom. The van der Waals surface area contributed by atoms with Crippen molar-refractivity contribution in [2.45, 2.75) is 407 Å². The third-order valence-electron chi connectivity index (χ3n) is 18.0. The Bertz CT molecular complexity index is 2020. The topological polar surface area (TPSA) is 237 Å². The van der Waals surface area contributed by atoms with Gasteiger partial charge in [0.25, 0.3) is 0 Å². The summed E-state index contributed by atoms with van der Waals surface area (Å²) in [5, 5.41) is 10.6. The lowest BCUT2D eigenvalue weighted by atomic mass is 10.0. The minimum atomic E-state index is -4.97. The Morgan fingerprint density at radius 2 is 0.545 bits per heavy atom. The first-order valence-electron chi connectivity index (χ1n) is 40.7. The molecule has 0 fully saturated rings. The van der Waals surface area contributed by atoms with Gasteiger partial charge in [-0.1, -0.05) is 336 Å². The number of ether oxygens (including phenoxy) is 4. The van der Waals surface area contributed by atoms with Gasteiger partial charge in [0, 0.05) is 25.7 Å². The highest BCUT2D eigenvalue weighted by Gasteiger charge is 2.30. The molecule has 0 saturated heterocycles. The fourth-order valence-corrected chi connectivity index (χ4v) is 13.3. The minimum Gasteiger partial charge on any atom is -0.462 e. The van der Waals surface area contributed by atoms with Crippen molar-refractivity contribution < 1.29 is 80.2 Å². The number of phosphoric acid groups is 2. The Balaban J connectivity index is 5.25. The highest BCUT2D eigenvalue weighted by molar-refractivity contribution is 7.47. The highest BCUT2D eigenvalue weighted by atomic mass is 31.2. The zero-order chi connectivity index (χ0) is 73.0. The van der Waals surface area contributed by atoms with Crippen molar-refractivity contribution in [1.82, 2.24) is 0 Å². The van der Waals surface area contributed by atoms with Crippen LogP contribution >= 0.6 is 15.6 Å². The lowest BCUT2D eigenvalue weighted by molar-refractivity contribution is -0.161. The predicted octanol–water partition coefficient (Wildman–Crippen LogP) is 23.3. The van der Waals surface area contributed by atoms with E-state index in [4.69, 9.17) is 37.0 Å². The van der Waals surface area contributed by atoms with Crippen molar-refractivity contribution in [3.63, 3.8) is 0 Å². The average Bonchev–Trinajstić information content (AvgIpc) is 0.960. The van der Waals surface area contributed by atoms with E-state index >= 15 is 0 Å². The molecule has 19 heteroatoms. The maximum atomic E-state index is 13.1. The summed E-state index contributed by atoms with van der Waals surface area (Å²) < 4.78 is 68.6. The first-order valence-corrected chi connectivity index (χ1v) is 43.7. The summed E-state index contributed by atoms with van der Waals surface area (Å²) in [5.74, 6) is 0.127. The molecule has 0 saturated carbocycles. The van der Waals surface area contributed by atoms with E-state index in [-0.39, 0.29) is 25.7 Å². The van der Waals surface area contributed by atoms with Crippen LogP contribution in [-0.4, -0.2) is 96.7 Å². The van der Waals surface area contributed by atoms with E-state index in [1.807, 2.05) is 0 Å². The minimum absolute atomic E-state index is 0.0838. The molecule has 0 rings (SSSR count). The van der Waals surface area contributed by atoms with E-state index in [1.54, 1.807) is 0 Å². The summed E-state index contributed by atoms with van der Waals surface area (Å²) in [6.45, 7) is 11.8. The number of phosphoric ester groups is 2. The van der Waals surface area contributed by atoms with Crippen molar-refractivity contribution in [2.24, 2.45) is 17.8 Å². The SMILES string of the molecule is CCCCCC/C=C\C=C/CCCCCCCC(=O)O[C@H](COC(=O)CCCCCCCCC(C)C)COP(=O)(O)OC[C@H](O)COP(=O)(O)OC[C@@H](COC(=O)CCCCCCCCCCCCCCCCCCC(C)C)OC(=O)CCCCCCCCCCCCCCCC(C)C. The third kappa shape index (κ3) is 73.6. The van der Waals surface area contributed by atoms with Crippen LogP contribution in [0.2, 0.25) is 0 Å². The van der Waals surface area contributed by atoms with Crippen LogP contribution in [0.3, 0.4) is 0 Å². The van der Waals surface area contributed by atoms with Crippen LogP contribution in [0.1, 0.15) is 389 Å². The predicted molar refractivity (Wildman–Crippen MR) is 404 cm³/mol. The Hall–Kier alpha value is -2.46. The maximum Gasteiger partial charge on any atom is 0.472 e. The molecule has 0 aliphatic carbocycles. The second-order valence-corrected chi connectivity index (χ2v) is 32.5. The van der Waals surface area contributed by atoms with Gasteiger partial charge >= 0.3 is 39.5 Å². The molecule has 0 amide bonds. The number of esters is 4. The summed E-state index contributed by atoms with van der Waals surface area (Å²) in [4.78, 5) is 72.9. The molecular weight excluding hydrogens is 1290 g/mol. The number of rotatable bonds is 76. The smallest absolute Gasteiger partial charge is 0.462 e. The van der Waals surface area contributed by atoms with Crippen LogP contribution in [-0.2, 0) is 65.4 Å². The highest BCUT2D eigenvalue weighted by Crippen LogP contribution is 2.45. The van der Waals surface area contributed by atoms with Crippen LogP contribution in [0.15, 0.2) is 24.3 Å². The first-order chi connectivity index (χ1) is 47.7. The lowest BCUT2D eigenvalue weighted by Crippen LogP contribution is -2.30. The second-order valence-electron chi connectivity index (χ2n) is 29.5. The fraction of sp³-hybridized carbons (Fsp3) is 0.900. The van der Waals surface area contributed by atoms with Crippen LogP contribution in [0.25, 0.3) is 0 Å². The molecule has 0 aromatic rings. The van der Waals surface area contributed by atoms with Crippen molar-refractivity contribution in [3.05, 3.63) is 24.3 Å². The van der Waals surface area contributed by atoms with Gasteiger partial charge in [0.15, 0.2) is 12.2 Å². The van der Waals surface area contributed by atoms with E-state index in [1.165, 1.54) is 180 Å². The molecule has 584 valence electrons. The number of carbonyl (C=O) groups is 4. The molecule has 0 heterocycles. The van der Waals surface area contributed by atoms with E-state index in [2.05, 4.69) is 72.8 Å². The van der Waals surface area contributed by atoms with E-state index in [0.717, 1.165) is 121 Å². The quantitative estimate of drug-likeness (QED) is 0.0169. The zero-order valence-corrected chi connectivity index (χ0v) is 66.2. The monoisotopic (exact) mass is 1450 g/mol. The van der Waals surface area contributed by atoms with Crippen LogP contribution in [0.4, 0.5) is 0 Å². The van der Waals surface area contributed by atoms with Crippen molar-refractivity contribution in [1.29, 1.82) is 0 Å². The van der Waals surface area contributed by atoms with Gasteiger partial charge in [0.1, 0.15) is 19.3 Å². The van der Waals surface area contributed by atoms with Gasteiger partial charge in [-0.3, -0.25) is 37.3 Å². The summed E-state index contributed by atoms with van der Waals surface area (Å²) in [6.07, 6.45) is 60.6. The molecule has 0 aromatic carbocycles. The molecule has 17 nitrogen and oxygen atoms in total. The maximum absolute atomic E-state index is 13.1. The second kappa shape index (κ2) is 69.9. The molecule has 0 bridgehead atoms. The number of aliphatic hydroxyl groups is 1. The number of aliphatic hydroxyl groups excluding tert-OH is 1. The Morgan fingerprint density at radius 1 is 0.313 bits per heavy atom. The lowest BCUT2D eigenvalue weighted by Gasteiger charge is -2.21. The summed E-state index contributed by atoms with van der Waals surface area (Å²) in [6, 6.07) is 0. The number of hydrogen-bond acceptors (Lipinski definition) is 15. The van der Waals surface area contributed by atoms with Crippen molar-refractivity contribution in [2.75, 3.05) is 39.6 Å². The molecule has 0 radical (unpaired) electrons. The molecular formula is C80H152O17P2. The van der Waals surface area contributed by atoms with Gasteiger partial charge < -0.3 is 33.8 Å². The van der Waals surface area contributed by atoms with Gasteiger partial charge in [-0.05, 0) is 69.1 Å². The van der Waals surface area contributed by atoms with Gasteiger partial charge in [0.05, 0.1) is 26.4 Å². The Labute approximate surface area is 605 Å². The number of carbonyl (C=O) groups excluding carboxylic acids is 4. The molecule has 2 unspecified atom stereocenters. The van der Waals surface area contributed by atoms with Crippen LogP contribution in [0, 0.1) is 17.8 Å². The number of hydrogen-bond donors (Lipinski definition) is 3. The normalized spacial score (nSPS) is 14.2. The zero-order valence-electron chi connectivity index (χ0n) is 64.4. The van der Waals surface area contributed by atoms with Gasteiger partial charge in [0.2, 0.25) is 0 Å². The largest absolute Gasteiger partial charge is 0.472 e. The molecule has 99 heavy (non-hydrogen) atoms. The van der Waals surface area contributed by atoms with E-state index < -0.39 is 97.5 Å². The van der Waals surface area contributed by atoms with E-state index in [9.17, 15) is 43.2 Å². The van der Waals surface area contributed by atoms with Crippen molar-refractivity contribution in [3.8, 4) is 0 Å². The number of allylic oxidation sites excluding steroid dienone is 4.